The lowest BCUT2D eigenvalue weighted by Gasteiger charge is -2.36. The summed E-state index contributed by atoms with van der Waals surface area (Å²) in [7, 11) is 0. The standard InChI is InChI=1S/C19H18F3N3O4/c20-19(21,22)16-12-15(25(27)28)6-7-17(16)23-8-10-24(11-9-23)18(26)29-13-14-4-2-1-3-5-14/h1-7,12H,8-11,13H2. The maximum absolute atomic E-state index is 13.4. The van der Waals surface area contributed by atoms with Crippen LogP contribution >= 0.6 is 0 Å². The van der Waals surface area contributed by atoms with Crippen molar-refractivity contribution in [2.24, 2.45) is 0 Å². The number of nitro benzene ring substituents is 1. The van der Waals surface area contributed by atoms with Gasteiger partial charge in [-0.25, -0.2) is 4.79 Å². The van der Waals surface area contributed by atoms with Gasteiger partial charge >= 0.3 is 12.3 Å². The molecule has 154 valence electrons. The van der Waals surface area contributed by atoms with Crippen molar-refractivity contribution >= 4 is 17.5 Å². The number of nitrogens with zero attached hydrogens (tertiary/aromatic N) is 3. The minimum absolute atomic E-state index is 0.112. The monoisotopic (exact) mass is 409 g/mol. The van der Waals surface area contributed by atoms with E-state index in [-0.39, 0.29) is 38.5 Å². The van der Waals surface area contributed by atoms with Gasteiger partial charge in [0.25, 0.3) is 5.69 Å². The highest BCUT2D eigenvalue weighted by Gasteiger charge is 2.37. The molecule has 0 radical (unpaired) electrons. The molecule has 0 spiro atoms. The van der Waals surface area contributed by atoms with E-state index in [0.29, 0.717) is 6.07 Å². The normalized spacial score (nSPS) is 14.6. The number of benzene rings is 2. The van der Waals surface area contributed by atoms with Gasteiger partial charge in [-0.05, 0) is 11.6 Å². The number of piperazine rings is 1. The van der Waals surface area contributed by atoms with Crippen molar-refractivity contribution in [3.05, 3.63) is 69.8 Å². The smallest absolute Gasteiger partial charge is 0.418 e. The summed E-state index contributed by atoms with van der Waals surface area (Å²) < 4.78 is 45.4. The van der Waals surface area contributed by atoms with Gasteiger partial charge in [-0.2, -0.15) is 13.2 Å². The summed E-state index contributed by atoms with van der Waals surface area (Å²) in [5.41, 5.74) is -0.989. The molecule has 1 fully saturated rings. The molecule has 2 aromatic carbocycles. The molecule has 10 heteroatoms. The molecule has 2 aromatic rings. The molecule has 0 unspecified atom stereocenters. The van der Waals surface area contributed by atoms with E-state index in [1.807, 2.05) is 30.3 Å². The van der Waals surface area contributed by atoms with Crippen LogP contribution in [-0.4, -0.2) is 42.1 Å². The number of non-ortho nitro benzene ring substituents is 1. The third-order valence-electron chi connectivity index (χ3n) is 4.58. The molecule has 1 aliphatic heterocycles. The van der Waals surface area contributed by atoms with Crippen molar-refractivity contribution in [3.63, 3.8) is 0 Å². The van der Waals surface area contributed by atoms with E-state index >= 15 is 0 Å². The van der Waals surface area contributed by atoms with E-state index in [0.717, 1.165) is 17.7 Å². The molecule has 0 bridgehead atoms. The molecule has 0 N–H and O–H groups in total. The van der Waals surface area contributed by atoms with Gasteiger partial charge in [-0.15, -0.1) is 0 Å². The molecule has 1 saturated heterocycles. The Labute approximate surface area is 164 Å². The number of anilines is 1. The van der Waals surface area contributed by atoms with Crippen LogP contribution in [0.2, 0.25) is 0 Å². The van der Waals surface area contributed by atoms with Crippen LogP contribution in [0.25, 0.3) is 0 Å². The topological polar surface area (TPSA) is 75.9 Å². The molecule has 1 amide bonds. The Balaban J connectivity index is 1.64. The van der Waals surface area contributed by atoms with Gasteiger partial charge in [-0.3, -0.25) is 10.1 Å². The number of hydrogen-bond donors (Lipinski definition) is 0. The van der Waals surface area contributed by atoms with Crippen LogP contribution in [0.5, 0.6) is 0 Å². The number of carbonyl (C=O) groups excluding carboxylic acids is 1. The first-order chi connectivity index (χ1) is 13.8. The highest BCUT2D eigenvalue weighted by Crippen LogP contribution is 2.39. The molecule has 0 saturated carbocycles. The second-order valence-corrected chi connectivity index (χ2v) is 6.47. The first-order valence-electron chi connectivity index (χ1n) is 8.82. The van der Waals surface area contributed by atoms with Crippen LogP contribution in [-0.2, 0) is 17.5 Å². The van der Waals surface area contributed by atoms with Crippen molar-refractivity contribution in [3.8, 4) is 0 Å². The van der Waals surface area contributed by atoms with Crippen LogP contribution in [0.15, 0.2) is 48.5 Å². The van der Waals surface area contributed by atoms with Crippen molar-refractivity contribution in [2.45, 2.75) is 12.8 Å². The van der Waals surface area contributed by atoms with Gasteiger partial charge < -0.3 is 14.5 Å². The van der Waals surface area contributed by atoms with Gasteiger partial charge in [0.1, 0.15) is 6.61 Å². The van der Waals surface area contributed by atoms with Crippen LogP contribution in [0.4, 0.5) is 29.3 Å². The Morgan fingerprint density at radius 1 is 1.07 bits per heavy atom. The average Bonchev–Trinajstić information content (AvgIpc) is 2.72. The number of hydrogen-bond acceptors (Lipinski definition) is 5. The first-order valence-corrected chi connectivity index (χ1v) is 8.82. The van der Waals surface area contributed by atoms with Gasteiger partial charge in [0.2, 0.25) is 0 Å². The van der Waals surface area contributed by atoms with Crippen LogP contribution in [0.3, 0.4) is 0 Å². The Hall–Kier alpha value is -3.30. The number of ether oxygens (including phenoxy) is 1. The molecular weight excluding hydrogens is 391 g/mol. The van der Waals surface area contributed by atoms with E-state index < -0.39 is 28.4 Å². The largest absolute Gasteiger partial charge is 0.445 e. The number of carbonyl (C=O) groups is 1. The predicted octanol–water partition coefficient (Wildman–Crippen LogP) is 4.07. The van der Waals surface area contributed by atoms with E-state index in [9.17, 15) is 28.1 Å². The van der Waals surface area contributed by atoms with Crippen LogP contribution in [0.1, 0.15) is 11.1 Å². The van der Waals surface area contributed by atoms with Gasteiger partial charge in [0.05, 0.1) is 10.5 Å². The molecule has 0 atom stereocenters. The molecule has 29 heavy (non-hydrogen) atoms. The van der Waals surface area contributed by atoms with E-state index in [4.69, 9.17) is 4.74 Å². The zero-order chi connectivity index (χ0) is 21.0. The van der Waals surface area contributed by atoms with Crippen molar-refractivity contribution < 1.29 is 27.6 Å². The summed E-state index contributed by atoms with van der Waals surface area (Å²) in [5, 5.41) is 10.8. The zero-order valence-corrected chi connectivity index (χ0v) is 15.3. The Bertz CT molecular complexity index is 882. The molecule has 3 rings (SSSR count). The van der Waals surface area contributed by atoms with Crippen LogP contribution in [0, 0.1) is 10.1 Å². The maximum Gasteiger partial charge on any atom is 0.418 e. The highest BCUT2D eigenvalue weighted by atomic mass is 19.4. The number of alkyl halides is 3. The fourth-order valence-corrected chi connectivity index (χ4v) is 3.08. The fourth-order valence-electron chi connectivity index (χ4n) is 3.08. The SMILES string of the molecule is O=C(OCc1ccccc1)N1CCN(c2ccc([N+](=O)[O-])cc2C(F)(F)F)CC1. The average molecular weight is 409 g/mol. The van der Waals surface area contributed by atoms with E-state index in [2.05, 4.69) is 0 Å². The summed E-state index contributed by atoms with van der Waals surface area (Å²) in [4.78, 5) is 25.0. The molecule has 0 aliphatic carbocycles. The lowest BCUT2D eigenvalue weighted by molar-refractivity contribution is -0.385. The molecule has 7 nitrogen and oxygen atoms in total. The quantitative estimate of drug-likeness (QED) is 0.562. The predicted molar refractivity (Wildman–Crippen MR) is 98.5 cm³/mol. The van der Waals surface area contributed by atoms with Crippen molar-refractivity contribution in [1.82, 2.24) is 4.90 Å². The summed E-state index contributed by atoms with van der Waals surface area (Å²) in [5.74, 6) is 0. The van der Waals surface area contributed by atoms with E-state index in [1.54, 1.807) is 0 Å². The van der Waals surface area contributed by atoms with Crippen molar-refractivity contribution in [1.29, 1.82) is 0 Å². The summed E-state index contributed by atoms with van der Waals surface area (Å²) in [6, 6.07) is 11.8. The summed E-state index contributed by atoms with van der Waals surface area (Å²) in [6.07, 6.45) is -5.26. The Kier molecular flexibility index (Phi) is 5.90. The lowest BCUT2D eigenvalue weighted by Crippen LogP contribution is -2.49. The molecular formula is C19H18F3N3O4. The minimum atomic E-state index is -4.73. The lowest BCUT2D eigenvalue weighted by atomic mass is 10.1. The number of nitro groups is 1. The third-order valence-corrected chi connectivity index (χ3v) is 4.58. The fraction of sp³-hybridized carbons (Fsp3) is 0.316. The van der Waals surface area contributed by atoms with Gasteiger partial charge in [0, 0.05) is 44.0 Å². The Morgan fingerprint density at radius 2 is 1.72 bits per heavy atom. The molecule has 0 aromatic heterocycles. The number of rotatable bonds is 4. The minimum Gasteiger partial charge on any atom is -0.445 e. The summed E-state index contributed by atoms with van der Waals surface area (Å²) >= 11 is 0. The van der Waals surface area contributed by atoms with E-state index in [1.165, 1.54) is 9.80 Å². The number of amides is 1. The molecule has 1 heterocycles. The number of halogens is 3. The highest BCUT2D eigenvalue weighted by molar-refractivity contribution is 5.68. The van der Waals surface area contributed by atoms with Crippen LogP contribution < -0.4 is 4.90 Å². The maximum atomic E-state index is 13.4. The zero-order valence-electron chi connectivity index (χ0n) is 15.3. The molecule has 1 aliphatic rings. The second-order valence-electron chi connectivity index (χ2n) is 6.47. The van der Waals surface area contributed by atoms with Crippen molar-refractivity contribution in [2.75, 3.05) is 31.1 Å². The first kappa shape index (κ1) is 20.4. The third kappa shape index (κ3) is 4.95. The van der Waals surface area contributed by atoms with Gasteiger partial charge in [0.15, 0.2) is 0 Å². The summed E-state index contributed by atoms with van der Waals surface area (Å²) in [6.45, 7) is 0.785. The van der Waals surface area contributed by atoms with Gasteiger partial charge in [-0.1, -0.05) is 30.3 Å². The Morgan fingerprint density at radius 3 is 2.31 bits per heavy atom. The second kappa shape index (κ2) is 8.38.